The van der Waals surface area contributed by atoms with Gasteiger partial charge >= 0.3 is 0 Å². The molecule has 0 aromatic carbocycles. The smallest absolute Gasteiger partial charge is 0.237 e. The highest BCUT2D eigenvalue weighted by molar-refractivity contribution is 5.82. The number of aromatic amines is 1. The predicted octanol–water partition coefficient (Wildman–Crippen LogP) is 1.91. The standard InChI is InChI=1S/C17H22N4O2/c1-11-4-5-12(23-11)9-18-16(22)14-8-13-15(20-10-19-13)17(21-14)6-2-3-7-17/h4-5,10,14,21H,2-3,6-9H2,1H3,(H,18,22)(H,19,20)/t14-/m0/s1. The van der Waals surface area contributed by atoms with E-state index in [2.05, 4.69) is 20.6 Å². The Morgan fingerprint density at radius 3 is 3.00 bits per heavy atom. The summed E-state index contributed by atoms with van der Waals surface area (Å²) < 4.78 is 5.51. The Kier molecular flexibility index (Phi) is 3.49. The summed E-state index contributed by atoms with van der Waals surface area (Å²) in [5.74, 6) is 1.66. The van der Waals surface area contributed by atoms with Crippen LogP contribution < -0.4 is 10.6 Å². The van der Waals surface area contributed by atoms with Gasteiger partial charge in [0.1, 0.15) is 11.5 Å². The topological polar surface area (TPSA) is 83.0 Å². The normalized spacial score (nSPS) is 22.2. The van der Waals surface area contributed by atoms with Crippen molar-refractivity contribution in [3.8, 4) is 0 Å². The lowest BCUT2D eigenvalue weighted by Crippen LogP contribution is -2.57. The summed E-state index contributed by atoms with van der Waals surface area (Å²) in [5.41, 5.74) is 2.08. The van der Waals surface area contributed by atoms with Gasteiger partial charge < -0.3 is 14.7 Å². The molecule has 3 heterocycles. The predicted molar refractivity (Wildman–Crippen MR) is 84.7 cm³/mol. The zero-order valence-electron chi connectivity index (χ0n) is 13.3. The third-order valence-electron chi connectivity index (χ3n) is 5.04. The van der Waals surface area contributed by atoms with E-state index in [1.165, 1.54) is 12.8 Å². The van der Waals surface area contributed by atoms with Crippen molar-refractivity contribution in [2.75, 3.05) is 0 Å². The zero-order valence-corrected chi connectivity index (χ0v) is 13.3. The molecule has 0 bridgehead atoms. The SMILES string of the molecule is Cc1ccc(CNC(=O)[C@@H]2Cc3[nH]cnc3C3(CCCC3)N2)o1. The van der Waals surface area contributed by atoms with E-state index in [1.807, 2.05) is 19.1 Å². The van der Waals surface area contributed by atoms with Gasteiger partial charge in [0.2, 0.25) is 5.91 Å². The number of fused-ring (bicyclic) bond motifs is 2. The van der Waals surface area contributed by atoms with Gasteiger partial charge in [0.15, 0.2) is 0 Å². The lowest BCUT2D eigenvalue weighted by atomic mass is 9.85. The van der Waals surface area contributed by atoms with Crippen molar-refractivity contribution in [3.63, 3.8) is 0 Å². The molecule has 0 unspecified atom stereocenters. The number of rotatable bonds is 3. The van der Waals surface area contributed by atoms with Gasteiger partial charge in [0, 0.05) is 12.1 Å². The van der Waals surface area contributed by atoms with Crippen LogP contribution in [0, 0.1) is 6.92 Å². The second-order valence-corrected chi connectivity index (χ2v) is 6.65. The van der Waals surface area contributed by atoms with Crippen LogP contribution in [0.4, 0.5) is 0 Å². The van der Waals surface area contributed by atoms with E-state index in [4.69, 9.17) is 4.42 Å². The van der Waals surface area contributed by atoms with Crippen LogP contribution in [0.1, 0.15) is 48.6 Å². The molecule has 6 nitrogen and oxygen atoms in total. The quantitative estimate of drug-likeness (QED) is 0.808. The molecular formula is C17H22N4O2. The molecular weight excluding hydrogens is 292 g/mol. The Balaban J connectivity index is 1.48. The summed E-state index contributed by atoms with van der Waals surface area (Å²) in [6.07, 6.45) is 6.86. The molecule has 0 radical (unpaired) electrons. The zero-order chi connectivity index (χ0) is 15.9. The minimum absolute atomic E-state index is 0.0191. The highest BCUT2D eigenvalue weighted by Gasteiger charge is 2.45. The van der Waals surface area contributed by atoms with E-state index >= 15 is 0 Å². The number of furan rings is 1. The molecule has 1 spiro atoms. The van der Waals surface area contributed by atoms with Crippen LogP contribution in [0.25, 0.3) is 0 Å². The van der Waals surface area contributed by atoms with Crippen LogP contribution >= 0.6 is 0 Å². The number of aromatic nitrogens is 2. The molecule has 0 saturated heterocycles. The number of aryl methyl sites for hydroxylation is 1. The summed E-state index contributed by atoms with van der Waals surface area (Å²) in [4.78, 5) is 20.3. The van der Waals surface area contributed by atoms with Gasteiger partial charge in [0.25, 0.3) is 0 Å². The highest BCUT2D eigenvalue weighted by atomic mass is 16.3. The summed E-state index contributed by atoms with van der Waals surface area (Å²) in [6.45, 7) is 2.32. The number of imidazole rings is 1. The molecule has 23 heavy (non-hydrogen) atoms. The Morgan fingerprint density at radius 2 is 2.26 bits per heavy atom. The van der Waals surface area contributed by atoms with Crippen LogP contribution in [0.15, 0.2) is 22.9 Å². The average Bonchev–Trinajstić information content (AvgIpc) is 3.26. The molecule has 3 N–H and O–H groups in total. The number of nitrogens with zero attached hydrogens (tertiary/aromatic N) is 1. The first-order valence-corrected chi connectivity index (χ1v) is 8.30. The molecule has 2 aromatic heterocycles. The van der Waals surface area contributed by atoms with Crippen LogP contribution in [0.2, 0.25) is 0 Å². The van der Waals surface area contributed by atoms with Crippen LogP contribution in [-0.4, -0.2) is 21.9 Å². The lowest BCUT2D eigenvalue weighted by Gasteiger charge is -2.38. The molecule has 2 aliphatic rings. The number of nitrogens with one attached hydrogen (secondary N) is 3. The Bertz CT molecular complexity index is 712. The van der Waals surface area contributed by atoms with Crippen molar-refractivity contribution in [1.29, 1.82) is 0 Å². The summed E-state index contributed by atoms with van der Waals surface area (Å²) in [5, 5.41) is 6.57. The molecule has 1 saturated carbocycles. The van der Waals surface area contributed by atoms with Crippen molar-refractivity contribution < 1.29 is 9.21 Å². The second kappa shape index (κ2) is 5.53. The monoisotopic (exact) mass is 314 g/mol. The maximum atomic E-state index is 12.6. The number of hydrogen-bond acceptors (Lipinski definition) is 4. The van der Waals surface area contributed by atoms with Gasteiger partial charge in [-0.1, -0.05) is 12.8 Å². The van der Waals surface area contributed by atoms with Crippen molar-refractivity contribution in [1.82, 2.24) is 20.6 Å². The van der Waals surface area contributed by atoms with Crippen molar-refractivity contribution in [3.05, 3.63) is 41.4 Å². The first-order chi connectivity index (χ1) is 11.2. The molecule has 1 amide bonds. The lowest BCUT2D eigenvalue weighted by molar-refractivity contribution is -0.124. The van der Waals surface area contributed by atoms with Gasteiger partial charge in [0.05, 0.1) is 30.1 Å². The molecule has 2 aromatic rings. The summed E-state index contributed by atoms with van der Waals surface area (Å²) in [7, 11) is 0. The maximum absolute atomic E-state index is 12.6. The molecule has 1 aliphatic carbocycles. The van der Waals surface area contributed by atoms with Crippen molar-refractivity contribution in [2.45, 2.75) is 57.2 Å². The van der Waals surface area contributed by atoms with Gasteiger partial charge in [-0.3, -0.25) is 10.1 Å². The van der Waals surface area contributed by atoms with E-state index in [0.29, 0.717) is 13.0 Å². The third-order valence-corrected chi connectivity index (χ3v) is 5.04. The fraction of sp³-hybridized carbons (Fsp3) is 0.529. The number of amides is 1. The molecule has 6 heteroatoms. The van der Waals surface area contributed by atoms with E-state index in [1.54, 1.807) is 6.33 Å². The third kappa shape index (κ3) is 2.57. The number of carbonyl (C=O) groups excluding carboxylic acids is 1. The van der Waals surface area contributed by atoms with Gasteiger partial charge in [-0.2, -0.15) is 0 Å². The van der Waals surface area contributed by atoms with E-state index in [9.17, 15) is 4.79 Å². The minimum Gasteiger partial charge on any atom is -0.465 e. The molecule has 1 fully saturated rings. The molecule has 4 rings (SSSR count). The fourth-order valence-corrected chi connectivity index (χ4v) is 3.94. The summed E-state index contributed by atoms with van der Waals surface area (Å²) in [6, 6.07) is 3.58. The maximum Gasteiger partial charge on any atom is 0.237 e. The molecule has 1 aliphatic heterocycles. The second-order valence-electron chi connectivity index (χ2n) is 6.65. The van der Waals surface area contributed by atoms with Crippen molar-refractivity contribution in [2.24, 2.45) is 0 Å². The first-order valence-electron chi connectivity index (χ1n) is 8.30. The van der Waals surface area contributed by atoms with Gasteiger partial charge in [-0.25, -0.2) is 4.98 Å². The number of H-pyrrole nitrogens is 1. The van der Waals surface area contributed by atoms with Crippen LogP contribution in [0.5, 0.6) is 0 Å². The Morgan fingerprint density at radius 1 is 1.43 bits per heavy atom. The van der Waals surface area contributed by atoms with E-state index in [0.717, 1.165) is 35.7 Å². The minimum atomic E-state index is -0.225. The van der Waals surface area contributed by atoms with Gasteiger partial charge in [-0.05, 0) is 31.9 Å². The van der Waals surface area contributed by atoms with Crippen LogP contribution in [0.3, 0.4) is 0 Å². The Hall–Kier alpha value is -2.08. The molecule has 1 atom stereocenters. The molecule has 122 valence electrons. The van der Waals surface area contributed by atoms with Crippen LogP contribution in [-0.2, 0) is 23.3 Å². The summed E-state index contributed by atoms with van der Waals surface area (Å²) >= 11 is 0. The fourth-order valence-electron chi connectivity index (χ4n) is 3.94. The number of hydrogen-bond donors (Lipinski definition) is 3. The number of carbonyl (C=O) groups is 1. The highest BCUT2D eigenvalue weighted by Crippen LogP contribution is 2.41. The van der Waals surface area contributed by atoms with Gasteiger partial charge in [-0.15, -0.1) is 0 Å². The van der Waals surface area contributed by atoms with Crippen molar-refractivity contribution >= 4 is 5.91 Å². The van der Waals surface area contributed by atoms with E-state index in [-0.39, 0.29) is 17.5 Å². The Labute approximate surface area is 135 Å². The largest absolute Gasteiger partial charge is 0.465 e. The first kappa shape index (κ1) is 14.5. The average molecular weight is 314 g/mol. The van der Waals surface area contributed by atoms with E-state index < -0.39 is 0 Å².